The molecule has 2 unspecified atom stereocenters. The first-order valence-corrected chi connectivity index (χ1v) is 26.4. The summed E-state index contributed by atoms with van der Waals surface area (Å²) in [6.45, 7) is 3.96. The van der Waals surface area contributed by atoms with Crippen LogP contribution < -0.4 is 0 Å². The molecule has 0 aliphatic carbocycles. The summed E-state index contributed by atoms with van der Waals surface area (Å²) in [5, 5.41) is 9.75. The summed E-state index contributed by atoms with van der Waals surface area (Å²) >= 11 is 0. The molecule has 0 aromatic carbocycles. The van der Waals surface area contributed by atoms with Gasteiger partial charge in [-0.25, -0.2) is 9.13 Å². The van der Waals surface area contributed by atoms with Gasteiger partial charge in [0.2, 0.25) is 0 Å². The normalized spacial score (nSPS) is 14.6. The average Bonchev–Trinajstić information content (AvgIpc) is 3.21. The van der Waals surface area contributed by atoms with Crippen molar-refractivity contribution in [3.63, 3.8) is 0 Å². The van der Waals surface area contributed by atoms with Crippen LogP contribution in [0.15, 0.2) is 24.3 Å². The number of allylic oxidation sites excluding steroid dienone is 4. The van der Waals surface area contributed by atoms with Crippen molar-refractivity contribution in [2.24, 2.45) is 5.92 Å². The van der Waals surface area contributed by atoms with E-state index in [4.69, 9.17) is 23.8 Å². The predicted octanol–water partition coefficient (Wildman–Crippen LogP) is 11.3. The fourth-order valence-corrected chi connectivity index (χ4v) is 7.52. The predicted molar refractivity (Wildman–Crippen MR) is 240 cm³/mol. The number of phosphoric acid groups is 2. The van der Waals surface area contributed by atoms with E-state index in [2.05, 4.69) is 35.9 Å². The van der Waals surface area contributed by atoms with Gasteiger partial charge in [0.1, 0.15) is 12.7 Å². The van der Waals surface area contributed by atoms with E-state index in [1.165, 1.54) is 83.5 Å². The number of carbonyl (C=O) groups excluding carboxylic acids is 3. The number of aliphatic hydroxyl groups is 1. The highest BCUT2D eigenvalue weighted by atomic mass is 31.2. The Hall–Kier alpha value is -1.73. The van der Waals surface area contributed by atoms with Crippen molar-refractivity contribution in [1.29, 1.82) is 0 Å². The largest absolute Gasteiger partial charge is 0.472 e. The van der Waals surface area contributed by atoms with Gasteiger partial charge in [-0.2, -0.15) is 0 Å². The van der Waals surface area contributed by atoms with Gasteiger partial charge in [-0.15, -0.1) is 0 Å². The molecule has 358 valence electrons. The van der Waals surface area contributed by atoms with Crippen LogP contribution in [0.1, 0.15) is 201 Å². The summed E-state index contributed by atoms with van der Waals surface area (Å²) < 4.78 is 47.8. The van der Waals surface area contributed by atoms with Crippen molar-refractivity contribution in [2.75, 3.05) is 26.4 Å². The van der Waals surface area contributed by atoms with E-state index in [1.807, 2.05) is 6.08 Å². The number of carbonyl (C=O) groups is 3. The molecule has 0 aromatic heterocycles. The minimum Gasteiger partial charge on any atom is -0.462 e. The van der Waals surface area contributed by atoms with Crippen molar-refractivity contribution < 1.29 is 66.3 Å². The van der Waals surface area contributed by atoms with Crippen molar-refractivity contribution in [1.82, 2.24) is 0 Å². The second-order valence-corrected chi connectivity index (χ2v) is 19.0. The molecule has 16 heteroatoms. The summed E-state index contributed by atoms with van der Waals surface area (Å²) in [6, 6.07) is 0. The Labute approximate surface area is 368 Å². The van der Waals surface area contributed by atoms with E-state index in [-0.39, 0.29) is 18.6 Å². The summed E-state index contributed by atoms with van der Waals surface area (Å²) in [4.78, 5) is 64.8. The number of esters is 2. The lowest BCUT2D eigenvalue weighted by molar-refractivity contribution is -0.161. The number of ketones is 1. The lowest BCUT2D eigenvalue weighted by atomic mass is 9.99. The number of unbranched alkanes of at least 4 members (excludes halogenated alkanes) is 20. The van der Waals surface area contributed by atoms with Crippen LogP contribution in [-0.4, -0.2) is 76.1 Å². The van der Waals surface area contributed by atoms with Gasteiger partial charge >= 0.3 is 27.6 Å². The molecule has 0 aliphatic rings. The first-order chi connectivity index (χ1) is 29.2. The molecule has 0 aromatic rings. The molecule has 0 saturated heterocycles. The molecule has 14 nitrogen and oxygen atoms in total. The van der Waals surface area contributed by atoms with E-state index < -0.39 is 66.2 Å². The number of hydrogen-bond donors (Lipinski definition) is 4. The highest BCUT2D eigenvalue weighted by Gasteiger charge is 2.28. The van der Waals surface area contributed by atoms with Crippen LogP contribution in [0.5, 0.6) is 0 Å². The van der Waals surface area contributed by atoms with Gasteiger partial charge in [0.15, 0.2) is 11.9 Å². The summed E-state index contributed by atoms with van der Waals surface area (Å²) in [6.07, 6.45) is 32.7. The molecule has 0 fully saturated rings. The Bertz CT molecular complexity index is 1250. The highest BCUT2D eigenvalue weighted by Crippen LogP contribution is 2.43. The molecule has 0 saturated carbocycles. The first kappa shape index (κ1) is 59.3. The number of aliphatic hydroxyl groups excluding tert-OH is 1. The lowest BCUT2D eigenvalue weighted by Crippen LogP contribution is -2.30. The fraction of sp³-hybridized carbons (Fsp3) is 0.844. The van der Waals surface area contributed by atoms with Gasteiger partial charge in [0, 0.05) is 19.3 Å². The highest BCUT2D eigenvalue weighted by molar-refractivity contribution is 7.47. The lowest BCUT2D eigenvalue weighted by Gasteiger charge is -2.20. The zero-order valence-corrected chi connectivity index (χ0v) is 39.7. The zero-order chi connectivity index (χ0) is 45.5. The Morgan fingerprint density at radius 3 is 1.61 bits per heavy atom. The van der Waals surface area contributed by atoms with Crippen LogP contribution >= 0.6 is 15.6 Å². The van der Waals surface area contributed by atoms with Gasteiger partial charge in [0.05, 0.1) is 19.8 Å². The Balaban J connectivity index is 4.53. The maximum Gasteiger partial charge on any atom is 0.472 e. The summed E-state index contributed by atoms with van der Waals surface area (Å²) in [5.74, 6) is -0.174. The number of phosphoric ester groups is 2. The third-order valence-corrected chi connectivity index (χ3v) is 11.8. The van der Waals surface area contributed by atoms with Gasteiger partial charge in [-0.1, -0.05) is 167 Å². The van der Waals surface area contributed by atoms with E-state index in [9.17, 15) is 33.5 Å². The smallest absolute Gasteiger partial charge is 0.462 e. The number of ether oxygens (including phenoxy) is 2. The second-order valence-electron chi connectivity index (χ2n) is 16.3. The van der Waals surface area contributed by atoms with Gasteiger partial charge in [-0.05, 0) is 44.1 Å². The molecule has 0 amide bonds. The topological polar surface area (TPSA) is 212 Å². The molecule has 0 heterocycles. The van der Waals surface area contributed by atoms with Crippen LogP contribution in [0, 0.1) is 5.92 Å². The molecule has 0 radical (unpaired) electrons. The molecule has 0 aliphatic heterocycles. The van der Waals surface area contributed by atoms with E-state index in [1.54, 1.807) is 12.2 Å². The quantitative estimate of drug-likeness (QED) is 0.0147. The summed E-state index contributed by atoms with van der Waals surface area (Å²) in [7, 11) is -9.71. The molecule has 4 N–H and O–H groups in total. The Kier molecular flexibility index (Phi) is 38.7. The maximum absolute atomic E-state index is 12.7. The molecular formula is C45H84O14P2. The van der Waals surface area contributed by atoms with Crippen LogP contribution in [0.3, 0.4) is 0 Å². The van der Waals surface area contributed by atoms with E-state index in [0.29, 0.717) is 19.3 Å². The Morgan fingerprint density at radius 2 is 1.07 bits per heavy atom. The van der Waals surface area contributed by atoms with Crippen LogP contribution in [0.2, 0.25) is 0 Å². The maximum atomic E-state index is 12.7. The number of rotatable bonds is 44. The molecule has 0 bridgehead atoms. The molecular weight excluding hydrogens is 826 g/mol. The van der Waals surface area contributed by atoms with Crippen molar-refractivity contribution >= 4 is 33.4 Å². The minimum absolute atomic E-state index is 0.0885. The third-order valence-electron chi connectivity index (χ3n) is 10.3. The minimum atomic E-state index is -4.88. The first-order valence-electron chi connectivity index (χ1n) is 23.4. The van der Waals surface area contributed by atoms with Crippen LogP contribution in [0.4, 0.5) is 0 Å². The molecule has 4 atom stereocenters. The Morgan fingerprint density at radius 1 is 0.574 bits per heavy atom. The standard InChI is InChI=1S/C45H84O14P2/c1-4-6-7-8-17-22-27-32-41(46)33-28-23-20-25-29-34-44(48)55-38-43(39-58-61(53,54)57-37-42(47)36-56-60(50,51)52)59-45(49)35-30-24-19-16-14-12-10-9-11-13-15-18-21-26-31-40(3)5-2/h17,22,27,32,40,42-43,47H,4-16,18-21,23-26,28-31,33-39H2,1-3H3,(H,53,54)(H2,50,51,52)/b22-17-,32-27+/t40?,42-,43+/m0/s1. The van der Waals surface area contributed by atoms with E-state index in [0.717, 1.165) is 70.1 Å². The molecule has 0 rings (SSSR count). The van der Waals surface area contributed by atoms with Crippen LogP contribution in [0.25, 0.3) is 0 Å². The fourth-order valence-electron chi connectivity index (χ4n) is 6.36. The van der Waals surface area contributed by atoms with E-state index >= 15 is 0 Å². The number of hydrogen-bond acceptors (Lipinski definition) is 11. The van der Waals surface area contributed by atoms with Gasteiger partial charge in [0.25, 0.3) is 0 Å². The third kappa shape index (κ3) is 43.3. The van der Waals surface area contributed by atoms with Gasteiger partial charge in [-0.3, -0.25) is 28.0 Å². The SMILES string of the molecule is CCCCC/C=C\C=C\C(=O)CCCCCCCC(=O)OC[C@H](COP(=O)(O)OC[C@@H](O)COP(=O)(O)O)OC(=O)CCCCCCCCCCCCCCCCC(C)CC. The van der Waals surface area contributed by atoms with Crippen molar-refractivity contribution in [2.45, 2.75) is 213 Å². The van der Waals surface area contributed by atoms with Gasteiger partial charge < -0.3 is 29.3 Å². The summed E-state index contributed by atoms with van der Waals surface area (Å²) in [5.41, 5.74) is 0. The van der Waals surface area contributed by atoms with Crippen molar-refractivity contribution in [3.8, 4) is 0 Å². The second kappa shape index (κ2) is 39.8. The molecule has 61 heavy (non-hydrogen) atoms. The van der Waals surface area contributed by atoms with Crippen molar-refractivity contribution in [3.05, 3.63) is 24.3 Å². The zero-order valence-electron chi connectivity index (χ0n) is 37.9. The molecule has 0 spiro atoms. The average molecular weight is 911 g/mol. The monoisotopic (exact) mass is 911 g/mol. The van der Waals surface area contributed by atoms with Crippen LogP contribution in [-0.2, 0) is 46.6 Å².